The summed E-state index contributed by atoms with van der Waals surface area (Å²) in [4.78, 5) is 24.2. The molecule has 138 valence electrons. The van der Waals surface area contributed by atoms with Crippen molar-refractivity contribution in [1.29, 1.82) is 0 Å². The Kier molecular flexibility index (Phi) is 6.58. The Morgan fingerprint density at radius 2 is 1.77 bits per heavy atom. The molecule has 0 radical (unpaired) electrons. The first-order chi connectivity index (χ1) is 12.3. The van der Waals surface area contributed by atoms with Crippen LogP contribution in [0.2, 0.25) is 5.02 Å². The predicted molar refractivity (Wildman–Crippen MR) is 101 cm³/mol. The summed E-state index contributed by atoms with van der Waals surface area (Å²) in [5.74, 6) is -0.821. The smallest absolute Gasteiger partial charge is 0.319 e. The molecule has 2 aromatic rings. The largest absolute Gasteiger partial charge is 0.346 e. The van der Waals surface area contributed by atoms with Crippen LogP contribution in [0, 0.1) is 5.82 Å². The van der Waals surface area contributed by atoms with Crippen LogP contribution >= 0.6 is 11.6 Å². The molecule has 3 N–H and O–H groups in total. The molecule has 0 bridgehead atoms. The molecule has 7 heteroatoms. The minimum atomic E-state index is -0.507. The summed E-state index contributed by atoms with van der Waals surface area (Å²) >= 11 is 5.78. The third-order valence-corrected chi connectivity index (χ3v) is 3.88. The Labute approximate surface area is 156 Å². The minimum absolute atomic E-state index is 0.00450. The van der Waals surface area contributed by atoms with Gasteiger partial charge in [0.05, 0.1) is 11.1 Å². The summed E-state index contributed by atoms with van der Waals surface area (Å²) in [5, 5.41) is 8.22. The van der Waals surface area contributed by atoms with Gasteiger partial charge in [0.25, 0.3) is 5.91 Å². The number of urea groups is 1. The molecule has 0 aliphatic rings. The van der Waals surface area contributed by atoms with E-state index in [4.69, 9.17) is 11.6 Å². The lowest BCUT2D eigenvalue weighted by molar-refractivity contribution is 0.0940. The lowest BCUT2D eigenvalue weighted by atomic mass is 10.1. The molecule has 0 fully saturated rings. The van der Waals surface area contributed by atoms with Crippen molar-refractivity contribution < 1.29 is 14.0 Å². The summed E-state index contributed by atoms with van der Waals surface area (Å²) in [5.41, 5.74) is 1.59. The molecule has 0 aliphatic carbocycles. The van der Waals surface area contributed by atoms with Crippen molar-refractivity contribution >= 4 is 29.2 Å². The Balaban J connectivity index is 2.06. The van der Waals surface area contributed by atoms with E-state index in [1.54, 1.807) is 37.3 Å². The molecule has 0 saturated heterocycles. The van der Waals surface area contributed by atoms with Gasteiger partial charge in [0, 0.05) is 17.3 Å². The lowest BCUT2D eigenvalue weighted by Crippen LogP contribution is -2.34. The Morgan fingerprint density at radius 3 is 2.42 bits per heavy atom. The van der Waals surface area contributed by atoms with Gasteiger partial charge in [-0.3, -0.25) is 4.79 Å². The first-order valence-corrected chi connectivity index (χ1v) is 8.57. The Hall–Kier alpha value is -2.60. The molecule has 5 nitrogen and oxygen atoms in total. The maximum Gasteiger partial charge on any atom is 0.319 e. The number of carbonyl (C=O) groups is 2. The second-order valence-corrected chi connectivity index (χ2v) is 6.61. The number of anilines is 1. The van der Waals surface area contributed by atoms with Crippen LogP contribution in [0.1, 0.15) is 42.7 Å². The Morgan fingerprint density at radius 1 is 1.04 bits per heavy atom. The number of carbonyl (C=O) groups excluding carboxylic acids is 2. The molecular weight excluding hydrogens is 357 g/mol. The quantitative estimate of drug-likeness (QED) is 0.718. The van der Waals surface area contributed by atoms with Crippen molar-refractivity contribution in [2.45, 2.75) is 32.9 Å². The van der Waals surface area contributed by atoms with E-state index in [2.05, 4.69) is 16.0 Å². The van der Waals surface area contributed by atoms with E-state index in [1.807, 2.05) is 13.8 Å². The van der Waals surface area contributed by atoms with Crippen molar-refractivity contribution in [3.05, 3.63) is 64.4 Å². The zero-order valence-corrected chi connectivity index (χ0v) is 15.5. The predicted octanol–water partition coefficient (Wildman–Crippen LogP) is 4.50. The number of benzene rings is 2. The molecule has 1 unspecified atom stereocenters. The van der Waals surface area contributed by atoms with Gasteiger partial charge in [-0.05, 0) is 56.7 Å². The number of hydrogen-bond acceptors (Lipinski definition) is 2. The van der Waals surface area contributed by atoms with Gasteiger partial charge < -0.3 is 16.0 Å². The van der Waals surface area contributed by atoms with E-state index in [9.17, 15) is 14.0 Å². The zero-order chi connectivity index (χ0) is 19.3. The van der Waals surface area contributed by atoms with Crippen molar-refractivity contribution in [3.63, 3.8) is 0 Å². The molecule has 26 heavy (non-hydrogen) atoms. The summed E-state index contributed by atoms with van der Waals surface area (Å²) < 4.78 is 13.3. The molecule has 0 aliphatic heterocycles. The molecule has 1 atom stereocenters. The first-order valence-electron chi connectivity index (χ1n) is 8.19. The number of halogens is 2. The summed E-state index contributed by atoms with van der Waals surface area (Å²) in [6.07, 6.45) is 0. The molecule has 2 aromatic carbocycles. The van der Waals surface area contributed by atoms with Gasteiger partial charge in [-0.2, -0.15) is 0 Å². The Bertz CT molecular complexity index is 811. The molecule has 2 rings (SSSR count). The van der Waals surface area contributed by atoms with Crippen LogP contribution in [0.4, 0.5) is 14.9 Å². The van der Waals surface area contributed by atoms with Gasteiger partial charge >= 0.3 is 6.03 Å². The van der Waals surface area contributed by atoms with E-state index in [-0.39, 0.29) is 29.0 Å². The number of amides is 3. The third-order valence-electron chi connectivity index (χ3n) is 3.59. The highest BCUT2D eigenvalue weighted by Crippen LogP contribution is 2.21. The van der Waals surface area contributed by atoms with Gasteiger partial charge in [-0.1, -0.05) is 23.7 Å². The van der Waals surface area contributed by atoms with E-state index in [0.29, 0.717) is 16.8 Å². The molecule has 3 amide bonds. The van der Waals surface area contributed by atoms with Gasteiger partial charge in [0.1, 0.15) is 5.82 Å². The van der Waals surface area contributed by atoms with E-state index in [0.717, 1.165) is 0 Å². The number of nitrogens with one attached hydrogen (secondary N) is 3. The summed E-state index contributed by atoms with van der Waals surface area (Å²) in [6, 6.07) is 10.2. The fourth-order valence-electron chi connectivity index (χ4n) is 2.31. The average molecular weight is 378 g/mol. The van der Waals surface area contributed by atoms with Gasteiger partial charge in [0.2, 0.25) is 0 Å². The zero-order valence-electron chi connectivity index (χ0n) is 14.8. The van der Waals surface area contributed by atoms with Crippen LogP contribution in [-0.2, 0) is 0 Å². The number of rotatable bonds is 5. The lowest BCUT2D eigenvalue weighted by Gasteiger charge is -2.15. The van der Waals surface area contributed by atoms with Crippen LogP contribution in [0.5, 0.6) is 0 Å². The molecule has 0 spiro atoms. The second-order valence-electron chi connectivity index (χ2n) is 6.20. The van der Waals surface area contributed by atoms with Gasteiger partial charge in [-0.25, -0.2) is 9.18 Å². The highest BCUT2D eigenvalue weighted by Gasteiger charge is 2.14. The molecule has 0 saturated carbocycles. The van der Waals surface area contributed by atoms with E-state index >= 15 is 0 Å². The van der Waals surface area contributed by atoms with Crippen molar-refractivity contribution in [3.8, 4) is 0 Å². The second kappa shape index (κ2) is 8.67. The maximum absolute atomic E-state index is 13.3. The normalized spacial score (nSPS) is 11.8. The monoisotopic (exact) mass is 377 g/mol. The van der Waals surface area contributed by atoms with E-state index < -0.39 is 5.82 Å². The fourth-order valence-corrected chi connectivity index (χ4v) is 2.50. The van der Waals surface area contributed by atoms with Crippen LogP contribution in [-0.4, -0.2) is 18.0 Å². The van der Waals surface area contributed by atoms with Crippen molar-refractivity contribution in [2.24, 2.45) is 0 Å². The SMILES string of the molecule is CC(C)NC(=O)Nc1cccc(C(=O)NC(C)c2ccc(F)c(Cl)c2)c1. The molecular formula is C19H21ClFN3O2. The van der Waals surface area contributed by atoms with Crippen LogP contribution in [0.25, 0.3) is 0 Å². The van der Waals surface area contributed by atoms with E-state index in [1.165, 1.54) is 12.1 Å². The standard InChI is InChI=1S/C19H21ClFN3O2/c1-11(2)22-19(26)24-15-6-4-5-14(9-15)18(25)23-12(3)13-7-8-17(21)16(20)10-13/h4-12H,1-3H3,(H,23,25)(H2,22,24,26). The van der Waals surface area contributed by atoms with Crippen LogP contribution in [0.15, 0.2) is 42.5 Å². The molecule has 0 heterocycles. The van der Waals surface area contributed by atoms with Gasteiger partial charge in [0.15, 0.2) is 0 Å². The third kappa shape index (κ3) is 5.46. The fraction of sp³-hybridized carbons (Fsp3) is 0.263. The van der Waals surface area contributed by atoms with Crippen molar-refractivity contribution in [1.82, 2.24) is 10.6 Å². The first kappa shape index (κ1) is 19.7. The minimum Gasteiger partial charge on any atom is -0.346 e. The maximum atomic E-state index is 13.3. The highest BCUT2D eigenvalue weighted by atomic mass is 35.5. The summed E-state index contributed by atoms with van der Waals surface area (Å²) in [7, 11) is 0. The highest BCUT2D eigenvalue weighted by molar-refractivity contribution is 6.30. The average Bonchev–Trinajstić information content (AvgIpc) is 2.56. The van der Waals surface area contributed by atoms with Crippen LogP contribution < -0.4 is 16.0 Å². The number of hydrogen-bond donors (Lipinski definition) is 3. The topological polar surface area (TPSA) is 70.2 Å². The summed E-state index contributed by atoms with van der Waals surface area (Å²) in [6.45, 7) is 5.48. The van der Waals surface area contributed by atoms with Crippen LogP contribution in [0.3, 0.4) is 0 Å². The molecule has 0 aromatic heterocycles. The van der Waals surface area contributed by atoms with Gasteiger partial charge in [-0.15, -0.1) is 0 Å². The van der Waals surface area contributed by atoms with Crippen molar-refractivity contribution in [2.75, 3.05) is 5.32 Å².